The van der Waals surface area contributed by atoms with Crippen LogP contribution in [-0.2, 0) is 30.5 Å². The van der Waals surface area contributed by atoms with Crippen LogP contribution in [0.5, 0.6) is 0 Å². The molecule has 10 nitrogen and oxygen atoms in total. The molecule has 4 amide bonds. The topological polar surface area (TPSA) is 146 Å². The van der Waals surface area contributed by atoms with E-state index in [4.69, 9.17) is 4.74 Å². The Morgan fingerprint density at radius 1 is 0.825 bits per heavy atom. The number of hydrogen-bond donors (Lipinski definition) is 5. The van der Waals surface area contributed by atoms with E-state index in [0.717, 1.165) is 53.9 Å². The van der Waals surface area contributed by atoms with E-state index < -0.39 is 18.0 Å². The number of fused-ring (bicyclic) bond motifs is 5. The van der Waals surface area contributed by atoms with Gasteiger partial charge in [-0.25, -0.2) is 0 Å². The Balaban J connectivity index is 1.01. The number of ether oxygens (including phenoxy) is 1. The van der Waals surface area contributed by atoms with Gasteiger partial charge in [0, 0.05) is 31.7 Å². The Hall–Kier alpha value is -2.89. The lowest BCUT2D eigenvalue weighted by atomic mass is 9.47. The molecule has 4 aliphatic carbocycles. The molecule has 0 spiro atoms. The highest BCUT2D eigenvalue weighted by atomic mass is 32.2. The number of nitrogens with one attached hydrogen (secondary N) is 4. The van der Waals surface area contributed by atoms with Crippen molar-refractivity contribution in [3.05, 3.63) is 41.5 Å². The summed E-state index contributed by atoms with van der Waals surface area (Å²) in [6.45, 7) is 17.5. The Kier molecular flexibility index (Phi) is 19.5. The van der Waals surface area contributed by atoms with Gasteiger partial charge in [0.25, 0.3) is 0 Å². The van der Waals surface area contributed by atoms with E-state index in [0.29, 0.717) is 54.7 Å². The number of benzene rings is 1. The molecule has 354 valence electrons. The lowest BCUT2D eigenvalue weighted by Crippen LogP contribution is -2.53. The van der Waals surface area contributed by atoms with Crippen molar-refractivity contribution in [2.75, 3.05) is 30.5 Å². The van der Waals surface area contributed by atoms with Crippen LogP contribution in [0.1, 0.15) is 157 Å². The van der Waals surface area contributed by atoms with Gasteiger partial charge in [0.15, 0.2) is 0 Å². The number of hydrogen-bond acceptors (Lipinski definition) is 7. The molecule has 0 saturated heterocycles. The molecule has 0 heterocycles. The van der Waals surface area contributed by atoms with Gasteiger partial charge in [0.2, 0.25) is 23.6 Å². The predicted molar refractivity (Wildman–Crippen MR) is 257 cm³/mol. The molecule has 0 aromatic heterocycles. The highest BCUT2D eigenvalue weighted by Gasteiger charge is 2.59. The fourth-order valence-corrected chi connectivity index (χ4v) is 12.8. The summed E-state index contributed by atoms with van der Waals surface area (Å²) in [6, 6.07) is 5.23. The highest BCUT2D eigenvalue weighted by molar-refractivity contribution is 7.98. The molecule has 0 aliphatic heterocycles. The zero-order valence-electron chi connectivity index (χ0n) is 40.2. The molecule has 10 atom stereocenters. The molecule has 0 bridgehead atoms. The van der Waals surface area contributed by atoms with Crippen LogP contribution >= 0.6 is 11.8 Å². The van der Waals surface area contributed by atoms with E-state index in [9.17, 15) is 24.3 Å². The molecule has 63 heavy (non-hydrogen) atoms. The summed E-state index contributed by atoms with van der Waals surface area (Å²) >= 11 is 1.57. The first kappa shape index (κ1) is 51.1. The molecule has 1 unspecified atom stereocenters. The summed E-state index contributed by atoms with van der Waals surface area (Å²) in [4.78, 5) is 52.5. The first-order chi connectivity index (χ1) is 30.1. The molecule has 5 N–H and O–H groups in total. The molecule has 5 rings (SSSR count). The van der Waals surface area contributed by atoms with E-state index in [1.54, 1.807) is 41.6 Å². The SMILES string of the molecule is CSCC[C@H](NC(=O)[C@H](CC(C)C)NC(=O)CCC(=O)NCCCO[C@H]1CC[C@@]2(C)C(=CC[C@@H]3[C@@H]2CC[C@]2(C)C([C@H](C)CCCC(C)C)CC[C@@H]32)C1)C(=O)Nc1ccc(CO)cc1. The van der Waals surface area contributed by atoms with Crippen molar-refractivity contribution in [1.82, 2.24) is 16.0 Å². The van der Waals surface area contributed by atoms with Gasteiger partial charge in [-0.15, -0.1) is 0 Å². The second-order valence-electron chi connectivity index (χ2n) is 21.2. The van der Waals surface area contributed by atoms with Gasteiger partial charge in [0.05, 0.1) is 12.7 Å². The van der Waals surface area contributed by atoms with Gasteiger partial charge in [-0.2, -0.15) is 11.8 Å². The van der Waals surface area contributed by atoms with Crippen molar-refractivity contribution in [3.63, 3.8) is 0 Å². The van der Waals surface area contributed by atoms with Crippen LogP contribution in [0.15, 0.2) is 35.9 Å². The number of allylic oxidation sites excluding steroid dienone is 1. The standard InChI is InChI=1S/C52H84N4O6S/c1-34(2)11-9-12-36(5)42-19-20-43-41-18-15-38-32-40(23-26-51(38,6)44(41)24-27-52(42,43)7)62-29-10-28-53-47(58)21-22-48(59)55-46(31-35(3)4)50(61)56-45(25-30-63-8)49(60)54-39-16-13-37(33-57)14-17-39/h13-17,34-36,40-46,57H,9-12,18-33H2,1-8H3,(H,53,58)(H,54,60)(H,55,59)(H,56,61)/t36-,40+,41+,42?,43+,44+,45+,46+,51+,52-/m1/s1. The minimum absolute atomic E-state index is 0.0199. The van der Waals surface area contributed by atoms with Crippen LogP contribution in [0.3, 0.4) is 0 Å². The van der Waals surface area contributed by atoms with Crippen molar-refractivity contribution >= 4 is 41.1 Å². The number of thioether (sulfide) groups is 1. The van der Waals surface area contributed by atoms with Crippen LogP contribution in [0, 0.1) is 52.3 Å². The fourth-order valence-electron chi connectivity index (χ4n) is 12.3. The van der Waals surface area contributed by atoms with Crippen LogP contribution in [0.2, 0.25) is 0 Å². The van der Waals surface area contributed by atoms with Gasteiger partial charge in [0.1, 0.15) is 12.1 Å². The minimum atomic E-state index is -0.842. The molecule has 4 aliphatic rings. The maximum Gasteiger partial charge on any atom is 0.246 e. The summed E-state index contributed by atoms with van der Waals surface area (Å²) < 4.78 is 6.44. The highest BCUT2D eigenvalue weighted by Crippen LogP contribution is 2.67. The van der Waals surface area contributed by atoms with Crippen molar-refractivity contribution < 1.29 is 29.0 Å². The molecule has 3 fully saturated rings. The van der Waals surface area contributed by atoms with Crippen LogP contribution in [0.4, 0.5) is 5.69 Å². The smallest absolute Gasteiger partial charge is 0.246 e. The van der Waals surface area contributed by atoms with E-state index in [1.165, 1.54) is 57.8 Å². The number of carbonyl (C=O) groups excluding carboxylic acids is 4. The Morgan fingerprint density at radius 2 is 1.57 bits per heavy atom. The Morgan fingerprint density at radius 3 is 2.27 bits per heavy atom. The summed E-state index contributed by atoms with van der Waals surface area (Å²) in [5, 5.41) is 20.8. The number of anilines is 1. The summed E-state index contributed by atoms with van der Waals surface area (Å²) in [7, 11) is 0. The quantitative estimate of drug-likeness (QED) is 0.0514. The number of rotatable bonds is 24. The second-order valence-corrected chi connectivity index (χ2v) is 22.2. The lowest BCUT2D eigenvalue weighted by Gasteiger charge is -2.58. The Labute approximate surface area is 384 Å². The molecule has 1 aromatic rings. The monoisotopic (exact) mass is 893 g/mol. The average molecular weight is 893 g/mol. The first-order valence-electron chi connectivity index (χ1n) is 24.7. The largest absolute Gasteiger partial charge is 0.392 e. The summed E-state index contributed by atoms with van der Waals surface area (Å²) in [6.07, 6.45) is 20.6. The maximum atomic E-state index is 13.5. The normalized spacial score (nSPS) is 27.9. The molecule has 1 aromatic carbocycles. The van der Waals surface area contributed by atoms with Crippen molar-refractivity contribution in [2.24, 2.45) is 52.3 Å². The van der Waals surface area contributed by atoms with Gasteiger partial charge >= 0.3 is 0 Å². The van der Waals surface area contributed by atoms with Crippen LogP contribution < -0.4 is 21.3 Å². The number of carbonyl (C=O) groups is 4. The van der Waals surface area contributed by atoms with Gasteiger partial charge in [-0.05, 0) is 153 Å². The zero-order valence-corrected chi connectivity index (χ0v) is 41.0. The maximum absolute atomic E-state index is 13.5. The van der Waals surface area contributed by atoms with E-state index >= 15 is 0 Å². The van der Waals surface area contributed by atoms with Crippen molar-refractivity contribution in [1.29, 1.82) is 0 Å². The van der Waals surface area contributed by atoms with Gasteiger partial charge in [-0.3, -0.25) is 19.2 Å². The predicted octanol–water partition coefficient (Wildman–Crippen LogP) is 9.60. The summed E-state index contributed by atoms with van der Waals surface area (Å²) in [5.74, 6) is 4.41. The Bertz CT molecular complexity index is 1680. The third-order valence-electron chi connectivity index (χ3n) is 15.8. The first-order valence-corrected chi connectivity index (χ1v) is 26.1. The van der Waals surface area contributed by atoms with Gasteiger partial charge < -0.3 is 31.1 Å². The molecule has 11 heteroatoms. The second kappa shape index (κ2) is 24.0. The molecular formula is C52H84N4O6S. The zero-order chi connectivity index (χ0) is 45.7. The van der Waals surface area contributed by atoms with Gasteiger partial charge in [-0.1, -0.05) is 91.5 Å². The number of aliphatic hydroxyl groups is 1. The number of amides is 4. The van der Waals surface area contributed by atoms with Crippen molar-refractivity contribution in [3.8, 4) is 0 Å². The molecule has 3 saturated carbocycles. The van der Waals surface area contributed by atoms with Crippen LogP contribution in [-0.4, -0.2) is 72.1 Å². The number of aliphatic hydroxyl groups excluding tert-OH is 1. The third kappa shape index (κ3) is 13.8. The van der Waals surface area contributed by atoms with E-state index in [1.807, 2.05) is 20.1 Å². The molecular weight excluding hydrogens is 809 g/mol. The third-order valence-corrected chi connectivity index (χ3v) is 16.5. The lowest BCUT2D eigenvalue weighted by molar-refractivity contribution is -0.132. The summed E-state index contributed by atoms with van der Waals surface area (Å²) in [5.41, 5.74) is 3.74. The minimum Gasteiger partial charge on any atom is -0.392 e. The van der Waals surface area contributed by atoms with E-state index in [2.05, 4.69) is 62.0 Å². The molecule has 0 radical (unpaired) electrons. The average Bonchev–Trinajstić information content (AvgIpc) is 3.61. The van der Waals surface area contributed by atoms with Crippen molar-refractivity contribution in [2.45, 2.75) is 176 Å². The van der Waals surface area contributed by atoms with E-state index in [-0.39, 0.29) is 49.2 Å². The van der Waals surface area contributed by atoms with Crippen LogP contribution in [0.25, 0.3) is 0 Å². The fraction of sp³-hybridized carbons (Fsp3) is 0.769.